The molecule has 0 bridgehead atoms. The molecule has 0 radical (unpaired) electrons. The van der Waals surface area contributed by atoms with E-state index >= 15 is 0 Å². The second-order valence-electron chi connectivity index (χ2n) is 8.55. The fraction of sp³-hybridized carbons (Fsp3) is 0.107. The van der Waals surface area contributed by atoms with E-state index in [0.29, 0.717) is 0 Å². The van der Waals surface area contributed by atoms with Crippen LogP contribution in [0.25, 0.3) is 39.0 Å². The maximum atomic E-state index is 4.74. The highest BCUT2D eigenvalue weighted by Gasteiger charge is 2.36. The van der Waals surface area contributed by atoms with Crippen LogP contribution < -0.4 is 0 Å². The topological polar surface area (TPSA) is 17.8 Å². The first kappa shape index (κ1) is 17.2. The molecular formula is C28H22N2. The molecule has 6 rings (SSSR count). The zero-order valence-electron chi connectivity index (χ0n) is 17.1. The van der Waals surface area contributed by atoms with Gasteiger partial charge in [-0.05, 0) is 46.0 Å². The Hall–Kier alpha value is -3.65. The average Bonchev–Trinajstić information content (AvgIpc) is 3.32. The van der Waals surface area contributed by atoms with Crippen LogP contribution in [0.2, 0.25) is 0 Å². The molecule has 144 valence electrons. The predicted molar refractivity (Wildman–Crippen MR) is 124 cm³/mol. The highest BCUT2D eigenvalue weighted by molar-refractivity contribution is 6.01. The van der Waals surface area contributed by atoms with E-state index < -0.39 is 0 Å². The van der Waals surface area contributed by atoms with Crippen molar-refractivity contribution in [3.63, 3.8) is 0 Å². The summed E-state index contributed by atoms with van der Waals surface area (Å²) in [4.78, 5) is 4.74. The van der Waals surface area contributed by atoms with E-state index in [2.05, 4.69) is 103 Å². The number of fused-ring (bicyclic) bond motifs is 5. The second-order valence-corrected chi connectivity index (χ2v) is 8.55. The number of hydrogen-bond acceptors (Lipinski definition) is 1. The van der Waals surface area contributed by atoms with Crippen LogP contribution in [0.4, 0.5) is 0 Å². The summed E-state index contributed by atoms with van der Waals surface area (Å²) < 4.78 is 2.25. The molecule has 5 aromatic rings. The third-order valence-corrected chi connectivity index (χ3v) is 6.50. The van der Waals surface area contributed by atoms with Gasteiger partial charge in [-0.25, -0.2) is 4.98 Å². The van der Waals surface area contributed by atoms with Gasteiger partial charge < -0.3 is 4.57 Å². The monoisotopic (exact) mass is 386 g/mol. The average molecular weight is 386 g/mol. The van der Waals surface area contributed by atoms with Crippen molar-refractivity contribution < 1.29 is 0 Å². The largest absolute Gasteiger partial charge is 0.301 e. The fourth-order valence-electron chi connectivity index (χ4n) is 4.97. The molecule has 0 saturated heterocycles. The van der Waals surface area contributed by atoms with Crippen molar-refractivity contribution in [2.45, 2.75) is 19.3 Å². The van der Waals surface area contributed by atoms with Gasteiger partial charge in [0.25, 0.3) is 0 Å². The highest BCUT2D eigenvalue weighted by atomic mass is 15.0. The van der Waals surface area contributed by atoms with Gasteiger partial charge in [-0.1, -0.05) is 80.6 Å². The van der Waals surface area contributed by atoms with Crippen LogP contribution in [0.3, 0.4) is 0 Å². The summed E-state index contributed by atoms with van der Waals surface area (Å²) in [6, 6.07) is 30.3. The van der Waals surface area contributed by atoms with Crippen molar-refractivity contribution >= 4 is 10.9 Å². The summed E-state index contributed by atoms with van der Waals surface area (Å²) in [7, 11) is 0. The molecule has 2 heteroatoms. The molecule has 0 fully saturated rings. The lowest BCUT2D eigenvalue weighted by Gasteiger charge is -2.21. The maximum absolute atomic E-state index is 4.74. The van der Waals surface area contributed by atoms with Gasteiger partial charge in [-0.2, -0.15) is 0 Å². The van der Waals surface area contributed by atoms with Gasteiger partial charge in [0.1, 0.15) is 5.82 Å². The van der Waals surface area contributed by atoms with Crippen LogP contribution in [-0.2, 0) is 5.41 Å². The van der Waals surface area contributed by atoms with Crippen molar-refractivity contribution in [1.82, 2.24) is 9.55 Å². The number of hydrogen-bond donors (Lipinski definition) is 0. The Labute approximate surface area is 176 Å². The van der Waals surface area contributed by atoms with Crippen LogP contribution in [0.15, 0.2) is 97.3 Å². The molecule has 2 aromatic heterocycles. The molecule has 3 aromatic carbocycles. The first-order valence-electron chi connectivity index (χ1n) is 10.4. The third kappa shape index (κ3) is 2.34. The van der Waals surface area contributed by atoms with E-state index in [1.54, 1.807) is 0 Å². The normalized spacial score (nSPS) is 13.9. The number of aromatic nitrogens is 2. The quantitative estimate of drug-likeness (QED) is 0.319. The number of benzene rings is 3. The van der Waals surface area contributed by atoms with Gasteiger partial charge >= 0.3 is 0 Å². The van der Waals surface area contributed by atoms with Crippen LogP contribution in [0.5, 0.6) is 0 Å². The van der Waals surface area contributed by atoms with Crippen molar-refractivity contribution in [3.05, 3.63) is 108 Å². The Balaban J connectivity index is 1.63. The molecule has 0 saturated carbocycles. The molecule has 0 atom stereocenters. The van der Waals surface area contributed by atoms with Crippen LogP contribution >= 0.6 is 0 Å². The molecular weight excluding hydrogens is 364 g/mol. The molecule has 2 nitrogen and oxygen atoms in total. The molecule has 2 heterocycles. The number of pyridine rings is 1. The van der Waals surface area contributed by atoms with E-state index in [0.717, 1.165) is 5.82 Å². The van der Waals surface area contributed by atoms with E-state index in [1.807, 2.05) is 12.3 Å². The molecule has 30 heavy (non-hydrogen) atoms. The van der Waals surface area contributed by atoms with E-state index in [4.69, 9.17) is 4.98 Å². The Kier molecular flexibility index (Phi) is 3.54. The third-order valence-electron chi connectivity index (χ3n) is 6.50. The van der Waals surface area contributed by atoms with Gasteiger partial charge in [0, 0.05) is 28.8 Å². The standard InChI is InChI=1S/C28H22N2/c1-28(2)23-11-7-6-10-22(23)26-24(28)13-12-20-15-17-30(27(20)26)25-18-21(14-16-29-25)19-8-4-3-5-9-19/h3-18H,1-2H3. The Morgan fingerprint density at radius 3 is 2.40 bits per heavy atom. The SMILES string of the molecule is CC1(C)c2ccccc2-c2c1ccc1ccn(-c3cc(-c4ccccc4)ccn3)c21. The van der Waals surface area contributed by atoms with E-state index in [9.17, 15) is 0 Å². The lowest BCUT2D eigenvalue weighted by atomic mass is 9.82. The van der Waals surface area contributed by atoms with Gasteiger partial charge in [0.2, 0.25) is 0 Å². The molecule has 0 N–H and O–H groups in total. The predicted octanol–water partition coefficient (Wildman–Crippen LogP) is 7.00. The molecule has 0 unspecified atom stereocenters. The van der Waals surface area contributed by atoms with Crippen LogP contribution in [-0.4, -0.2) is 9.55 Å². The van der Waals surface area contributed by atoms with Crippen LogP contribution in [0, 0.1) is 0 Å². The minimum absolute atomic E-state index is 0.00542. The summed E-state index contributed by atoms with van der Waals surface area (Å²) in [6.07, 6.45) is 4.06. The van der Waals surface area contributed by atoms with Gasteiger partial charge in [0.15, 0.2) is 0 Å². The molecule has 1 aliphatic rings. The minimum atomic E-state index is -0.00542. The zero-order valence-corrected chi connectivity index (χ0v) is 17.1. The van der Waals surface area contributed by atoms with Crippen molar-refractivity contribution in [1.29, 1.82) is 0 Å². The second kappa shape index (κ2) is 6.17. The summed E-state index contributed by atoms with van der Waals surface area (Å²) >= 11 is 0. The molecule has 0 spiro atoms. The Morgan fingerprint density at radius 2 is 1.53 bits per heavy atom. The lowest BCUT2D eigenvalue weighted by Crippen LogP contribution is -2.14. The summed E-state index contributed by atoms with van der Waals surface area (Å²) in [6.45, 7) is 4.65. The van der Waals surface area contributed by atoms with E-state index in [-0.39, 0.29) is 5.41 Å². The summed E-state index contributed by atoms with van der Waals surface area (Å²) in [5, 5.41) is 1.24. The van der Waals surface area contributed by atoms with Crippen molar-refractivity contribution in [3.8, 4) is 28.1 Å². The van der Waals surface area contributed by atoms with Gasteiger partial charge in [-0.15, -0.1) is 0 Å². The fourth-order valence-corrected chi connectivity index (χ4v) is 4.97. The molecule has 0 amide bonds. The maximum Gasteiger partial charge on any atom is 0.137 e. The number of nitrogens with zero attached hydrogens (tertiary/aromatic N) is 2. The lowest BCUT2D eigenvalue weighted by molar-refractivity contribution is 0.661. The Bertz CT molecular complexity index is 1410. The smallest absolute Gasteiger partial charge is 0.137 e. The van der Waals surface area contributed by atoms with Crippen molar-refractivity contribution in [2.24, 2.45) is 0 Å². The van der Waals surface area contributed by atoms with Gasteiger partial charge in [-0.3, -0.25) is 0 Å². The zero-order chi connectivity index (χ0) is 20.3. The first-order valence-corrected chi connectivity index (χ1v) is 10.4. The summed E-state index contributed by atoms with van der Waals surface area (Å²) in [5.41, 5.74) is 9.07. The minimum Gasteiger partial charge on any atom is -0.301 e. The first-order chi connectivity index (χ1) is 14.6. The summed E-state index contributed by atoms with van der Waals surface area (Å²) in [5.74, 6) is 0.946. The molecule has 1 aliphatic carbocycles. The van der Waals surface area contributed by atoms with Crippen molar-refractivity contribution in [2.75, 3.05) is 0 Å². The molecule has 0 aliphatic heterocycles. The van der Waals surface area contributed by atoms with Gasteiger partial charge in [0.05, 0.1) is 5.52 Å². The van der Waals surface area contributed by atoms with Crippen LogP contribution in [0.1, 0.15) is 25.0 Å². The highest BCUT2D eigenvalue weighted by Crippen LogP contribution is 2.51. The number of rotatable bonds is 2. The van der Waals surface area contributed by atoms with E-state index in [1.165, 1.54) is 44.3 Å². The Morgan fingerprint density at radius 1 is 0.733 bits per heavy atom.